The average molecular weight is 511 g/mol. The SMILES string of the molecule is COc1ccc(CN(Cc2cccnc2)[C@@H](c2cccc(C(F)(F)F)c2)c2nnnn2C(C)(C)C)cc1. The van der Waals surface area contributed by atoms with Crippen molar-refractivity contribution >= 4 is 0 Å². The summed E-state index contributed by atoms with van der Waals surface area (Å²) in [7, 11) is 1.60. The van der Waals surface area contributed by atoms with Crippen molar-refractivity contribution in [1.82, 2.24) is 30.1 Å². The molecule has 0 aliphatic rings. The Labute approximate surface area is 213 Å². The first kappa shape index (κ1) is 26.3. The van der Waals surface area contributed by atoms with Crippen LogP contribution in [0, 0.1) is 0 Å². The van der Waals surface area contributed by atoms with E-state index in [-0.39, 0.29) is 0 Å². The second kappa shape index (κ2) is 10.7. The lowest BCUT2D eigenvalue weighted by Crippen LogP contribution is -2.35. The molecule has 4 aromatic rings. The van der Waals surface area contributed by atoms with Gasteiger partial charge in [-0.15, -0.1) is 5.10 Å². The number of ether oxygens (including phenoxy) is 1. The van der Waals surface area contributed by atoms with E-state index in [1.165, 1.54) is 12.1 Å². The fourth-order valence-corrected chi connectivity index (χ4v) is 4.18. The van der Waals surface area contributed by atoms with Gasteiger partial charge >= 0.3 is 6.18 Å². The first-order valence-electron chi connectivity index (χ1n) is 11.8. The van der Waals surface area contributed by atoms with E-state index in [4.69, 9.17) is 4.74 Å². The Morgan fingerprint density at radius 2 is 1.68 bits per heavy atom. The van der Waals surface area contributed by atoms with Gasteiger partial charge in [0, 0.05) is 25.5 Å². The van der Waals surface area contributed by atoms with Crippen LogP contribution in [0.3, 0.4) is 0 Å². The third-order valence-electron chi connectivity index (χ3n) is 5.92. The van der Waals surface area contributed by atoms with Crippen molar-refractivity contribution in [3.8, 4) is 5.75 Å². The van der Waals surface area contributed by atoms with Crippen LogP contribution in [0.1, 0.15) is 54.9 Å². The molecule has 10 heteroatoms. The van der Waals surface area contributed by atoms with Gasteiger partial charge in [-0.05, 0) is 78.2 Å². The molecule has 2 aromatic heterocycles. The molecule has 7 nitrogen and oxygen atoms in total. The Balaban J connectivity index is 1.88. The summed E-state index contributed by atoms with van der Waals surface area (Å²) in [5.41, 5.74) is 1.07. The number of aromatic nitrogens is 5. The number of halogens is 3. The number of rotatable bonds is 8. The Morgan fingerprint density at radius 3 is 2.30 bits per heavy atom. The van der Waals surface area contributed by atoms with Crippen LogP contribution in [0.5, 0.6) is 5.75 Å². The highest BCUT2D eigenvalue weighted by Gasteiger charge is 2.35. The molecule has 0 unspecified atom stereocenters. The molecule has 0 fully saturated rings. The minimum atomic E-state index is -4.49. The molecule has 4 rings (SSSR count). The van der Waals surface area contributed by atoms with Crippen molar-refractivity contribution < 1.29 is 17.9 Å². The third kappa shape index (κ3) is 6.32. The molecule has 0 bridgehead atoms. The Kier molecular flexibility index (Phi) is 7.58. The quantitative estimate of drug-likeness (QED) is 0.306. The Morgan fingerprint density at radius 1 is 0.946 bits per heavy atom. The fraction of sp³-hybridized carbons (Fsp3) is 0.333. The van der Waals surface area contributed by atoms with Gasteiger partial charge in [-0.3, -0.25) is 9.88 Å². The van der Waals surface area contributed by atoms with Gasteiger partial charge in [0.2, 0.25) is 0 Å². The number of hydrogen-bond acceptors (Lipinski definition) is 6. The highest BCUT2D eigenvalue weighted by atomic mass is 19.4. The van der Waals surface area contributed by atoms with E-state index in [0.29, 0.717) is 30.2 Å². The summed E-state index contributed by atoms with van der Waals surface area (Å²) in [5.74, 6) is 1.16. The summed E-state index contributed by atoms with van der Waals surface area (Å²) in [4.78, 5) is 6.29. The zero-order chi connectivity index (χ0) is 26.6. The first-order valence-corrected chi connectivity index (χ1v) is 11.8. The highest BCUT2D eigenvalue weighted by Crippen LogP contribution is 2.36. The van der Waals surface area contributed by atoms with Gasteiger partial charge in [0.15, 0.2) is 5.82 Å². The molecule has 0 aliphatic carbocycles. The Hall–Kier alpha value is -3.79. The second-order valence-electron chi connectivity index (χ2n) is 9.76. The topological polar surface area (TPSA) is 69.0 Å². The molecule has 37 heavy (non-hydrogen) atoms. The van der Waals surface area contributed by atoms with Gasteiger partial charge in [-0.25, -0.2) is 4.68 Å². The van der Waals surface area contributed by atoms with E-state index in [1.54, 1.807) is 30.3 Å². The largest absolute Gasteiger partial charge is 0.497 e. The number of methoxy groups -OCH3 is 1. The molecule has 2 heterocycles. The summed E-state index contributed by atoms with van der Waals surface area (Å²) in [6.07, 6.45) is -1.06. The molecule has 0 amide bonds. The molecule has 2 aromatic carbocycles. The maximum atomic E-state index is 13.7. The van der Waals surface area contributed by atoms with Gasteiger partial charge in [-0.1, -0.05) is 30.3 Å². The molecule has 0 spiro atoms. The maximum Gasteiger partial charge on any atom is 0.416 e. The van der Waals surface area contributed by atoms with Crippen LogP contribution in [0.25, 0.3) is 0 Å². The predicted octanol–water partition coefficient (Wildman–Crippen LogP) is 5.64. The lowest BCUT2D eigenvalue weighted by Gasteiger charge is -2.33. The minimum Gasteiger partial charge on any atom is -0.497 e. The lowest BCUT2D eigenvalue weighted by atomic mass is 9.98. The van der Waals surface area contributed by atoms with Crippen molar-refractivity contribution in [3.63, 3.8) is 0 Å². The van der Waals surface area contributed by atoms with Gasteiger partial charge < -0.3 is 4.74 Å². The number of benzene rings is 2. The Bertz CT molecular complexity index is 1300. The monoisotopic (exact) mass is 510 g/mol. The minimum absolute atomic E-state index is 0.401. The number of pyridine rings is 1. The molecule has 1 atom stereocenters. The molecule has 0 saturated carbocycles. The molecule has 0 N–H and O–H groups in total. The van der Waals surface area contributed by atoms with Crippen LogP contribution < -0.4 is 4.74 Å². The zero-order valence-electron chi connectivity index (χ0n) is 21.1. The summed E-state index contributed by atoms with van der Waals surface area (Å²) >= 11 is 0. The zero-order valence-corrected chi connectivity index (χ0v) is 21.1. The van der Waals surface area contributed by atoms with E-state index in [0.717, 1.165) is 17.2 Å². The van der Waals surface area contributed by atoms with E-state index >= 15 is 0 Å². The van der Waals surface area contributed by atoms with Crippen LogP contribution in [-0.2, 0) is 24.8 Å². The number of nitrogens with zero attached hydrogens (tertiary/aromatic N) is 6. The smallest absolute Gasteiger partial charge is 0.416 e. The molecule has 0 radical (unpaired) electrons. The number of tetrazole rings is 1. The highest BCUT2D eigenvalue weighted by molar-refractivity contribution is 5.33. The summed E-state index contributed by atoms with van der Waals surface area (Å²) < 4.78 is 48.1. The molecular formula is C27H29F3N6O. The van der Waals surface area contributed by atoms with Crippen molar-refractivity contribution in [2.24, 2.45) is 0 Å². The average Bonchev–Trinajstić information content (AvgIpc) is 3.35. The third-order valence-corrected chi connectivity index (χ3v) is 5.92. The normalized spacial score (nSPS) is 13.1. The van der Waals surface area contributed by atoms with Gasteiger partial charge in [0.1, 0.15) is 5.75 Å². The van der Waals surface area contributed by atoms with Crippen LogP contribution in [0.4, 0.5) is 13.2 Å². The number of alkyl halides is 3. The predicted molar refractivity (Wildman–Crippen MR) is 133 cm³/mol. The van der Waals surface area contributed by atoms with Crippen molar-refractivity contribution in [2.45, 2.75) is 51.6 Å². The van der Waals surface area contributed by atoms with Gasteiger partial charge in [-0.2, -0.15) is 13.2 Å². The first-order chi connectivity index (χ1) is 17.6. The van der Waals surface area contributed by atoms with Crippen molar-refractivity contribution in [2.75, 3.05) is 7.11 Å². The van der Waals surface area contributed by atoms with Crippen molar-refractivity contribution in [1.29, 1.82) is 0 Å². The summed E-state index contributed by atoms with van der Waals surface area (Å²) in [6, 6.07) is 16.0. The van der Waals surface area contributed by atoms with E-state index in [1.807, 2.05) is 57.2 Å². The van der Waals surface area contributed by atoms with Crippen molar-refractivity contribution in [3.05, 3.63) is 101 Å². The fourth-order valence-electron chi connectivity index (χ4n) is 4.18. The molecule has 0 saturated heterocycles. The second-order valence-corrected chi connectivity index (χ2v) is 9.76. The standard InChI is InChI=1S/C27H29F3N6O/c1-26(2,3)36-25(32-33-34-36)24(21-8-5-9-22(15-21)27(28,29)30)35(18-20-7-6-14-31-16-20)17-19-10-12-23(37-4)13-11-19/h5-16,24H,17-18H2,1-4H3/t24-/m0/s1. The van der Waals surface area contributed by atoms with E-state index in [9.17, 15) is 13.2 Å². The van der Waals surface area contributed by atoms with Crippen LogP contribution in [0.2, 0.25) is 0 Å². The van der Waals surface area contributed by atoms with Gasteiger partial charge in [0.25, 0.3) is 0 Å². The number of hydrogen-bond donors (Lipinski definition) is 0. The molecular weight excluding hydrogens is 481 g/mol. The summed E-state index contributed by atoms with van der Waals surface area (Å²) in [6.45, 7) is 6.66. The maximum absolute atomic E-state index is 13.7. The summed E-state index contributed by atoms with van der Waals surface area (Å²) in [5, 5.41) is 12.4. The van der Waals surface area contributed by atoms with E-state index < -0.39 is 23.3 Å². The van der Waals surface area contributed by atoms with Gasteiger partial charge in [0.05, 0.1) is 24.3 Å². The van der Waals surface area contributed by atoms with Crippen LogP contribution in [-0.4, -0.2) is 37.2 Å². The van der Waals surface area contributed by atoms with Crippen LogP contribution in [0.15, 0.2) is 73.1 Å². The molecule has 0 aliphatic heterocycles. The lowest BCUT2D eigenvalue weighted by molar-refractivity contribution is -0.137. The molecule has 194 valence electrons. The van der Waals surface area contributed by atoms with Crippen LogP contribution >= 0.6 is 0 Å². The van der Waals surface area contributed by atoms with E-state index in [2.05, 4.69) is 25.4 Å².